The van der Waals surface area contributed by atoms with Crippen molar-refractivity contribution in [2.24, 2.45) is 0 Å². The summed E-state index contributed by atoms with van der Waals surface area (Å²) in [6.45, 7) is 2.19. The van der Waals surface area contributed by atoms with Crippen LogP contribution in [0.2, 0.25) is 0 Å². The van der Waals surface area contributed by atoms with Crippen LogP contribution >= 0.6 is 0 Å². The first-order valence-electron chi connectivity index (χ1n) is 6.09. The average Bonchev–Trinajstić information content (AvgIpc) is 2.91. The van der Waals surface area contributed by atoms with E-state index >= 15 is 0 Å². The van der Waals surface area contributed by atoms with E-state index in [2.05, 4.69) is 10.5 Å². The van der Waals surface area contributed by atoms with Gasteiger partial charge in [0.2, 0.25) is 0 Å². The average molecular weight is 262 g/mol. The molecule has 0 radical (unpaired) electrons. The SMILES string of the molecule is Cc1ccc(C(=O)NCCCc2cnoc2)cc1F. The van der Waals surface area contributed by atoms with E-state index in [0.717, 1.165) is 18.4 Å². The Morgan fingerprint density at radius 1 is 1.47 bits per heavy atom. The first-order chi connectivity index (χ1) is 9.16. The molecule has 19 heavy (non-hydrogen) atoms. The summed E-state index contributed by atoms with van der Waals surface area (Å²) in [6, 6.07) is 4.47. The fourth-order valence-corrected chi connectivity index (χ4v) is 1.68. The van der Waals surface area contributed by atoms with Crippen LogP contribution in [0.15, 0.2) is 35.2 Å². The zero-order valence-corrected chi connectivity index (χ0v) is 10.6. The van der Waals surface area contributed by atoms with Crippen molar-refractivity contribution in [3.05, 3.63) is 53.2 Å². The maximum atomic E-state index is 13.3. The highest BCUT2D eigenvalue weighted by molar-refractivity contribution is 5.94. The molecule has 0 atom stereocenters. The maximum absolute atomic E-state index is 13.3. The lowest BCUT2D eigenvalue weighted by atomic mass is 10.1. The number of amides is 1. The third kappa shape index (κ3) is 3.64. The first kappa shape index (κ1) is 13.3. The lowest BCUT2D eigenvalue weighted by Crippen LogP contribution is -2.24. The van der Waals surface area contributed by atoms with E-state index in [4.69, 9.17) is 4.52 Å². The molecule has 0 saturated heterocycles. The molecule has 1 N–H and O–H groups in total. The van der Waals surface area contributed by atoms with Crippen LogP contribution < -0.4 is 5.32 Å². The maximum Gasteiger partial charge on any atom is 0.251 e. The number of hydrogen-bond donors (Lipinski definition) is 1. The van der Waals surface area contributed by atoms with Crippen LogP contribution in [0.1, 0.15) is 27.9 Å². The van der Waals surface area contributed by atoms with Crippen LogP contribution in [0.5, 0.6) is 0 Å². The Kier molecular flexibility index (Phi) is 4.28. The molecule has 1 heterocycles. The number of nitrogens with zero attached hydrogens (tertiary/aromatic N) is 1. The van der Waals surface area contributed by atoms with E-state index in [1.54, 1.807) is 31.5 Å². The van der Waals surface area contributed by atoms with Gasteiger partial charge in [0.25, 0.3) is 5.91 Å². The number of halogens is 1. The summed E-state index contributed by atoms with van der Waals surface area (Å²) in [5.74, 6) is -0.624. The zero-order chi connectivity index (χ0) is 13.7. The molecule has 0 bridgehead atoms. The number of hydrogen-bond acceptors (Lipinski definition) is 3. The van der Waals surface area contributed by atoms with E-state index in [-0.39, 0.29) is 11.7 Å². The van der Waals surface area contributed by atoms with Crippen molar-refractivity contribution in [2.45, 2.75) is 19.8 Å². The zero-order valence-electron chi connectivity index (χ0n) is 10.6. The van der Waals surface area contributed by atoms with E-state index < -0.39 is 0 Å². The second kappa shape index (κ2) is 6.13. The number of carbonyl (C=O) groups excluding carboxylic acids is 1. The Morgan fingerprint density at radius 2 is 2.32 bits per heavy atom. The van der Waals surface area contributed by atoms with Gasteiger partial charge in [-0.2, -0.15) is 0 Å². The minimum absolute atomic E-state index is 0.260. The van der Waals surface area contributed by atoms with Crippen LogP contribution in [0, 0.1) is 12.7 Å². The Balaban J connectivity index is 1.79. The molecule has 0 aliphatic heterocycles. The molecule has 4 nitrogen and oxygen atoms in total. The normalized spacial score (nSPS) is 10.4. The predicted octanol–water partition coefficient (Wildman–Crippen LogP) is 2.48. The second-order valence-electron chi connectivity index (χ2n) is 4.36. The van der Waals surface area contributed by atoms with Gasteiger partial charge in [0.05, 0.1) is 6.20 Å². The summed E-state index contributed by atoms with van der Waals surface area (Å²) < 4.78 is 18.0. The molecular weight excluding hydrogens is 247 g/mol. The van der Waals surface area contributed by atoms with Gasteiger partial charge >= 0.3 is 0 Å². The summed E-state index contributed by atoms with van der Waals surface area (Å²) in [5.41, 5.74) is 1.87. The molecule has 2 rings (SSSR count). The monoisotopic (exact) mass is 262 g/mol. The smallest absolute Gasteiger partial charge is 0.251 e. The van der Waals surface area contributed by atoms with Crippen LogP contribution in [0.3, 0.4) is 0 Å². The lowest BCUT2D eigenvalue weighted by Gasteiger charge is -2.05. The third-order valence-electron chi connectivity index (χ3n) is 2.85. The highest BCUT2D eigenvalue weighted by Gasteiger charge is 2.07. The molecule has 0 spiro atoms. The van der Waals surface area contributed by atoms with Crippen molar-refractivity contribution in [3.63, 3.8) is 0 Å². The molecular formula is C14H15FN2O2. The molecule has 0 aliphatic rings. The van der Waals surface area contributed by atoms with Gasteiger partial charge in [0.1, 0.15) is 12.1 Å². The Hall–Kier alpha value is -2.17. The topological polar surface area (TPSA) is 55.1 Å². The molecule has 0 fully saturated rings. The van der Waals surface area contributed by atoms with Gasteiger partial charge in [-0.1, -0.05) is 11.2 Å². The second-order valence-corrected chi connectivity index (χ2v) is 4.36. The molecule has 0 aliphatic carbocycles. The van der Waals surface area contributed by atoms with Crippen molar-refractivity contribution in [3.8, 4) is 0 Å². The summed E-state index contributed by atoms with van der Waals surface area (Å²) in [5, 5.41) is 6.35. The van der Waals surface area contributed by atoms with Crippen molar-refractivity contribution in [2.75, 3.05) is 6.54 Å². The van der Waals surface area contributed by atoms with Gasteiger partial charge < -0.3 is 9.84 Å². The predicted molar refractivity (Wildman–Crippen MR) is 68.3 cm³/mol. The highest BCUT2D eigenvalue weighted by atomic mass is 19.1. The standard InChI is InChI=1S/C14H15FN2O2/c1-10-4-5-12(7-13(10)15)14(18)16-6-2-3-11-8-17-19-9-11/h4-5,7-9H,2-3,6H2,1H3,(H,16,18). The molecule has 100 valence electrons. The van der Waals surface area contributed by atoms with Crippen LogP contribution in [-0.2, 0) is 6.42 Å². The number of nitrogens with one attached hydrogen (secondary N) is 1. The highest BCUT2D eigenvalue weighted by Crippen LogP contribution is 2.09. The number of aryl methyl sites for hydroxylation is 2. The quantitative estimate of drug-likeness (QED) is 0.842. The lowest BCUT2D eigenvalue weighted by molar-refractivity contribution is 0.0953. The fraction of sp³-hybridized carbons (Fsp3) is 0.286. The van der Waals surface area contributed by atoms with E-state index in [1.807, 2.05) is 0 Å². The van der Waals surface area contributed by atoms with Crippen molar-refractivity contribution >= 4 is 5.91 Å². The summed E-state index contributed by atoms with van der Waals surface area (Å²) >= 11 is 0. The van der Waals surface area contributed by atoms with Gasteiger partial charge in [-0.15, -0.1) is 0 Å². The van der Waals surface area contributed by atoms with Crippen LogP contribution in [0.25, 0.3) is 0 Å². The molecule has 0 unspecified atom stereocenters. The van der Waals surface area contributed by atoms with Gasteiger partial charge in [-0.25, -0.2) is 4.39 Å². The van der Waals surface area contributed by atoms with E-state index in [1.165, 1.54) is 6.07 Å². The molecule has 1 aromatic heterocycles. The Labute approximate surface area is 110 Å². The van der Waals surface area contributed by atoms with Gasteiger partial charge in [0, 0.05) is 17.7 Å². The summed E-state index contributed by atoms with van der Waals surface area (Å²) in [6.07, 6.45) is 4.79. The minimum Gasteiger partial charge on any atom is -0.364 e. The third-order valence-corrected chi connectivity index (χ3v) is 2.85. The molecule has 5 heteroatoms. The van der Waals surface area contributed by atoms with Gasteiger partial charge in [0.15, 0.2) is 0 Å². The Morgan fingerprint density at radius 3 is 3.00 bits per heavy atom. The van der Waals surface area contributed by atoms with E-state index in [0.29, 0.717) is 17.7 Å². The number of aromatic nitrogens is 1. The molecule has 1 aromatic carbocycles. The van der Waals surface area contributed by atoms with Crippen LogP contribution in [0.4, 0.5) is 4.39 Å². The fourth-order valence-electron chi connectivity index (χ4n) is 1.68. The largest absolute Gasteiger partial charge is 0.364 e. The Bertz CT molecular complexity index is 553. The van der Waals surface area contributed by atoms with Gasteiger partial charge in [-0.05, 0) is 37.5 Å². The molecule has 2 aromatic rings. The first-order valence-corrected chi connectivity index (χ1v) is 6.09. The number of rotatable bonds is 5. The number of benzene rings is 1. The molecule has 0 saturated carbocycles. The van der Waals surface area contributed by atoms with Gasteiger partial charge in [-0.3, -0.25) is 4.79 Å². The number of carbonyl (C=O) groups is 1. The summed E-state index contributed by atoms with van der Waals surface area (Å²) in [7, 11) is 0. The minimum atomic E-state index is -0.364. The van der Waals surface area contributed by atoms with Crippen molar-refractivity contribution < 1.29 is 13.7 Å². The van der Waals surface area contributed by atoms with Crippen molar-refractivity contribution in [1.29, 1.82) is 0 Å². The molecule has 1 amide bonds. The van der Waals surface area contributed by atoms with E-state index in [9.17, 15) is 9.18 Å². The summed E-state index contributed by atoms with van der Waals surface area (Å²) in [4.78, 5) is 11.8. The van der Waals surface area contributed by atoms with Crippen molar-refractivity contribution in [1.82, 2.24) is 10.5 Å². The van der Waals surface area contributed by atoms with Crippen LogP contribution in [-0.4, -0.2) is 17.6 Å².